The van der Waals surface area contributed by atoms with E-state index in [0.29, 0.717) is 24.8 Å². The molecule has 2 heterocycles. The van der Waals surface area contributed by atoms with Gasteiger partial charge in [0.15, 0.2) is 16.7 Å². The minimum absolute atomic E-state index is 0.0605. The Kier molecular flexibility index (Phi) is 5.80. The third-order valence-electron chi connectivity index (χ3n) is 5.30. The quantitative estimate of drug-likeness (QED) is 0.546. The number of benzene rings is 2. The molecule has 0 bridgehead atoms. The number of hydrogen-bond acceptors (Lipinski definition) is 6. The molecule has 1 aliphatic carbocycles. The lowest BCUT2D eigenvalue weighted by Crippen LogP contribution is -2.41. The van der Waals surface area contributed by atoms with Crippen molar-refractivity contribution in [3.05, 3.63) is 66.0 Å². The molecule has 3 aromatic rings. The number of rotatable bonds is 8. The molecule has 1 fully saturated rings. The van der Waals surface area contributed by atoms with Gasteiger partial charge in [0.25, 0.3) is 0 Å². The standard InChI is InChI=1S/C23H24N4O3S/c28-21(24-12-18-14-29-19-8-4-5-9-20(19)30-18)15-31-23-26-25-22(17-10-11-17)27(23)13-16-6-2-1-3-7-16/h1-9,17-18H,10-15H2,(H,24,28)/t18-/m0/s1. The molecule has 5 rings (SSSR count). The highest BCUT2D eigenvalue weighted by atomic mass is 32.2. The molecular formula is C23H24N4O3S. The molecular weight excluding hydrogens is 412 g/mol. The van der Waals surface area contributed by atoms with Crippen LogP contribution < -0.4 is 14.8 Å². The number of thioether (sulfide) groups is 1. The maximum absolute atomic E-state index is 12.4. The predicted molar refractivity (Wildman–Crippen MR) is 118 cm³/mol. The van der Waals surface area contributed by atoms with Crippen LogP contribution in [-0.4, -0.2) is 45.7 Å². The zero-order valence-electron chi connectivity index (χ0n) is 17.1. The zero-order chi connectivity index (χ0) is 21.0. The van der Waals surface area contributed by atoms with Crippen LogP contribution in [0.4, 0.5) is 0 Å². The molecule has 1 aromatic heterocycles. The van der Waals surface area contributed by atoms with E-state index in [0.717, 1.165) is 36.1 Å². The van der Waals surface area contributed by atoms with Crippen molar-refractivity contribution in [2.24, 2.45) is 0 Å². The summed E-state index contributed by atoms with van der Waals surface area (Å²) in [6.07, 6.45) is 2.11. The predicted octanol–water partition coefficient (Wildman–Crippen LogP) is 3.25. The SMILES string of the molecule is O=C(CSc1nnc(C2CC2)n1Cc1ccccc1)NC[C@H]1COc2ccccc2O1. The Morgan fingerprint density at radius 3 is 2.65 bits per heavy atom. The van der Waals surface area contributed by atoms with Gasteiger partial charge in [-0.3, -0.25) is 4.79 Å². The Balaban J connectivity index is 1.16. The lowest BCUT2D eigenvalue weighted by molar-refractivity contribution is -0.119. The summed E-state index contributed by atoms with van der Waals surface area (Å²) in [5, 5.41) is 12.5. The normalized spacial score (nSPS) is 17.4. The van der Waals surface area contributed by atoms with Crippen molar-refractivity contribution in [1.29, 1.82) is 0 Å². The summed E-state index contributed by atoms with van der Waals surface area (Å²) in [5.41, 5.74) is 1.20. The molecule has 160 valence electrons. The number of carbonyl (C=O) groups is 1. The van der Waals surface area contributed by atoms with Gasteiger partial charge in [0.1, 0.15) is 18.5 Å². The fourth-order valence-electron chi connectivity index (χ4n) is 3.54. The molecule has 0 radical (unpaired) electrons. The van der Waals surface area contributed by atoms with Gasteiger partial charge in [0.05, 0.1) is 18.8 Å². The highest BCUT2D eigenvalue weighted by Crippen LogP contribution is 2.40. The molecule has 7 nitrogen and oxygen atoms in total. The van der Waals surface area contributed by atoms with Gasteiger partial charge in [-0.05, 0) is 30.5 Å². The molecule has 2 aromatic carbocycles. The smallest absolute Gasteiger partial charge is 0.230 e. The minimum Gasteiger partial charge on any atom is -0.486 e. The molecule has 1 N–H and O–H groups in total. The van der Waals surface area contributed by atoms with Crippen LogP contribution in [0.3, 0.4) is 0 Å². The Morgan fingerprint density at radius 1 is 1.06 bits per heavy atom. The molecule has 0 spiro atoms. The molecule has 1 atom stereocenters. The summed E-state index contributed by atoms with van der Waals surface area (Å²) in [5.74, 6) is 3.19. The number of amides is 1. The van der Waals surface area contributed by atoms with Crippen molar-refractivity contribution in [3.63, 3.8) is 0 Å². The maximum atomic E-state index is 12.4. The van der Waals surface area contributed by atoms with E-state index in [4.69, 9.17) is 9.47 Å². The first-order valence-corrected chi connectivity index (χ1v) is 11.5. The lowest BCUT2D eigenvalue weighted by Gasteiger charge is -2.26. The second kappa shape index (κ2) is 9.01. The lowest BCUT2D eigenvalue weighted by atomic mass is 10.2. The van der Waals surface area contributed by atoms with Gasteiger partial charge in [-0.25, -0.2) is 0 Å². The molecule has 0 saturated heterocycles. The molecule has 1 amide bonds. The third-order valence-corrected chi connectivity index (χ3v) is 6.27. The van der Waals surface area contributed by atoms with Gasteiger partial charge in [-0.15, -0.1) is 10.2 Å². The van der Waals surface area contributed by atoms with Crippen LogP contribution in [0.25, 0.3) is 0 Å². The van der Waals surface area contributed by atoms with Crippen LogP contribution in [0.2, 0.25) is 0 Å². The summed E-state index contributed by atoms with van der Waals surface area (Å²) in [6, 6.07) is 17.8. The van der Waals surface area contributed by atoms with Crippen molar-refractivity contribution in [3.8, 4) is 11.5 Å². The van der Waals surface area contributed by atoms with Crippen molar-refractivity contribution in [2.75, 3.05) is 18.9 Å². The van der Waals surface area contributed by atoms with Crippen LogP contribution in [-0.2, 0) is 11.3 Å². The van der Waals surface area contributed by atoms with Crippen LogP contribution in [0.15, 0.2) is 59.8 Å². The number of fused-ring (bicyclic) bond motifs is 1. The van der Waals surface area contributed by atoms with Crippen molar-refractivity contribution >= 4 is 17.7 Å². The number of aromatic nitrogens is 3. The molecule has 0 unspecified atom stereocenters. The molecule has 31 heavy (non-hydrogen) atoms. The average Bonchev–Trinajstić information content (AvgIpc) is 3.58. The average molecular weight is 437 g/mol. The largest absolute Gasteiger partial charge is 0.486 e. The van der Waals surface area contributed by atoms with Gasteiger partial charge in [0, 0.05) is 5.92 Å². The van der Waals surface area contributed by atoms with Gasteiger partial charge >= 0.3 is 0 Å². The summed E-state index contributed by atoms with van der Waals surface area (Å²) in [4.78, 5) is 12.4. The van der Waals surface area contributed by atoms with Crippen molar-refractivity contribution < 1.29 is 14.3 Å². The topological polar surface area (TPSA) is 78.3 Å². The van der Waals surface area contributed by atoms with E-state index < -0.39 is 0 Å². The third kappa shape index (κ3) is 4.85. The summed E-state index contributed by atoms with van der Waals surface area (Å²) in [6.45, 7) is 1.54. The number of ether oxygens (including phenoxy) is 2. The van der Waals surface area contributed by atoms with Gasteiger partial charge in [0.2, 0.25) is 5.91 Å². The van der Waals surface area contributed by atoms with Crippen LogP contribution in [0, 0.1) is 0 Å². The summed E-state index contributed by atoms with van der Waals surface area (Å²) < 4.78 is 13.7. The van der Waals surface area contributed by atoms with Gasteiger partial charge < -0.3 is 19.4 Å². The minimum atomic E-state index is -0.202. The van der Waals surface area contributed by atoms with E-state index in [9.17, 15) is 4.79 Å². The van der Waals surface area contributed by atoms with E-state index in [1.54, 1.807) is 0 Å². The fourth-order valence-corrected chi connectivity index (χ4v) is 4.31. The number of carbonyl (C=O) groups excluding carboxylic acids is 1. The zero-order valence-corrected chi connectivity index (χ0v) is 17.9. The summed E-state index contributed by atoms with van der Waals surface area (Å²) in [7, 11) is 0. The number of nitrogens with zero attached hydrogens (tertiary/aromatic N) is 3. The van der Waals surface area contributed by atoms with Crippen molar-refractivity contribution in [1.82, 2.24) is 20.1 Å². The highest BCUT2D eigenvalue weighted by molar-refractivity contribution is 7.99. The molecule has 2 aliphatic rings. The first kappa shape index (κ1) is 19.9. The fraction of sp³-hybridized carbons (Fsp3) is 0.348. The second-order valence-corrected chi connectivity index (χ2v) is 8.72. The van der Waals surface area contributed by atoms with Crippen LogP contribution in [0.1, 0.15) is 30.1 Å². The van der Waals surface area contributed by atoms with E-state index in [2.05, 4.69) is 32.2 Å². The van der Waals surface area contributed by atoms with E-state index in [-0.39, 0.29) is 17.8 Å². The second-order valence-electron chi connectivity index (χ2n) is 7.78. The van der Waals surface area contributed by atoms with E-state index in [1.165, 1.54) is 17.3 Å². The van der Waals surface area contributed by atoms with Gasteiger partial charge in [-0.2, -0.15) is 0 Å². The number of hydrogen-bond donors (Lipinski definition) is 1. The summed E-state index contributed by atoms with van der Waals surface area (Å²) >= 11 is 1.42. The van der Waals surface area contributed by atoms with Crippen LogP contribution >= 0.6 is 11.8 Å². The highest BCUT2D eigenvalue weighted by Gasteiger charge is 2.30. The first-order valence-electron chi connectivity index (χ1n) is 10.5. The number of para-hydroxylation sites is 2. The maximum Gasteiger partial charge on any atom is 0.230 e. The van der Waals surface area contributed by atoms with Gasteiger partial charge in [-0.1, -0.05) is 54.2 Å². The Labute approximate surface area is 185 Å². The monoisotopic (exact) mass is 436 g/mol. The van der Waals surface area contributed by atoms with E-state index >= 15 is 0 Å². The Hall–Kier alpha value is -3.00. The Morgan fingerprint density at radius 2 is 1.84 bits per heavy atom. The number of nitrogens with one attached hydrogen (secondary N) is 1. The Bertz CT molecular complexity index is 1050. The van der Waals surface area contributed by atoms with Crippen LogP contribution in [0.5, 0.6) is 11.5 Å². The molecule has 1 aliphatic heterocycles. The molecule has 8 heteroatoms. The van der Waals surface area contributed by atoms with Crippen molar-refractivity contribution in [2.45, 2.75) is 36.6 Å². The van der Waals surface area contributed by atoms with E-state index in [1.807, 2.05) is 42.5 Å². The molecule has 1 saturated carbocycles. The first-order chi connectivity index (χ1) is 15.3.